The summed E-state index contributed by atoms with van der Waals surface area (Å²) >= 11 is 6.14. The zero-order valence-corrected chi connectivity index (χ0v) is 12.6. The van der Waals surface area contributed by atoms with Gasteiger partial charge in [0, 0.05) is 35.9 Å². The van der Waals surface area contributed by atoms with Crippen molar-refractivity contribution in [3.8, 4) is 11.1 Å². The molecule has 0 unspecified atom stereocenters. The van der Waals surface area contributed by atoms with Crippen LogP contribution in [-0.2, 0) is 13.6 Å². The number of benzene rings is 1. The minimum atomic E-state index is 0.457. The first-order valence-corrected chi connectivity index (χ1v) is 6.87. The van der Waals surface area contributed by atoms with E-state index in [-0.39, 0.29) is 0 Å². The minimum absolute atomic E-state index is 0.457. The molecule has 3 nitrogen and oxygen atoms in total. The van der Waals surface area contributed by atoms with E-state index < -0.39 is 0 Å². The Balaban J connectivity index is 2.42. The molecule has 0 amide bonds. The minimum Gasteiger partial charge on any atom is -0.310 e. The topological polar surface area (TPSA) is 29.9 Å². The van der Waals surface area contributed by atoms with Crippen LogP contribution in [0.1, 0.15) is 25.1 Å². The van der Waals surface area contributed by atoms with Gasteiger partial charge in [0.1, 0.15) is 0 Å². The highest BCUT2D eigenvalue weighted by atomic mass is 35.5. The predicted molar refractivity (Wildman–Crippen MR) is 80.4 cm³/mol. The van der Waals surface area contributed by atoms with Crippen LogP contribution in [0.4, 0.5) is 0 Å². The molecule has 1 N–H and O–H groups in total. The summed E-state index contributed by atoms with van der Waals surface area (Å²) in [5, 5.41) is 8.52. The summed E-state index contributed by atoms with van der Waals surface area (Å²) in [5.41, 5.74) is 4.69. The molecule has 0 fully saturated rings. The maximum Gasteiger partial charge on any atom is 0.0571 e. The van der Waals surface area contributed by atoms with E-state index in [0.717, 1.165) is 28.4 Å². The van der Waals surface area contributed by atoms with E-state index in [9.17, 15) is 0 Å². The van der Waals surface area contributed by atoms with E-state index in [1.165, 1.54) is 5.56 Å². The lowest BCUT2D eigenvalue weighted by molar-refractivity contribution is 0.589. The monoisotopic (exact) mass is 277 g/mol. The zero-order chi connectivity index (χ0) is 14.0. The lowest BCUT2D eigenvalue weighted by Gasteiger charge is -2.13. The van der Waals surface area contributed by atoms with Crippen molar-refractivity contribution in [1.82, 2.24) is 15.1 Å². The summed E-state index contributed by atoms with van der Waals surface area (Å²) in [6.45, 7) is 7.19. The Morgan fingerprint density at radius 1 is 1.32 bits per heavy atom. The van der Waals surface area contributed by atoms with Crippen LogP contribution in [0, 0.1) is 6.92 Å². The zero-order valence-electron chi connectivity index (χ0n) is 11.9. The van der Waals surface area contributed by atoms with Crippen LogP contribution < -0.4 is 5.32 Å². The summed E-state index contributed by atoms with van der Waals surface area (Å²) < 4.78 is 1.88. The van der Waals surface area contributed by atoms with Gasteiger partial charge in [-0.1, -0.05) is 31.5 Å². The molecule has 0 saturated heterocycles. The van der Waals surface area contributed by atoms with Crippen molar-refractivity contribution < 1.29 is 0 Å². The molecule has 102 valence electrons. The van der Waals surface area contributed by atoms with Crippen LogP contribution in [0.2, 0.25) is 5.02 Å². The SMILES string of the molecule is Cc1c(-c2cc(Cl)ccc2CNC(C)C)cnn1C. The molecule has 0 saturated carbocycles. The highest BCUT2D eigenvalue weighted by Gasteiger charge is 2.11. The molecule has 0 spiro atoms. The number of nitrogens with zero attached hydrogens (tertiary/aromatic N) is 2. The van der Waals surface area contributed by atoms with E-state index in [2.05, 4.69) is 37.3 Å². The van der Waals surface area contributed by atoms with Crippen molar-refractivity contribution in [3.63, 3.8) is 0 Å². The average Bonchev–Trinajstić information content (AvgIpc) is 2.68. The highest BCUT2D eigenvalue weighted by molar-refractivity contribution is 6.30. The first-order valence-electron chi connectivity index (χ1n) is 6.50. The van der Waals surface area contributed by atoms with Crippen LogP contribution in [-0.4, -0.2) is 15.8 Å². The fraction of sp³-hybridized carbons (Fsp3) is 0.400. The van der Waals surface area contributed by atoms with Gasteiger partial charge in [-0.3, -0.25) is 4.68 Å². The first-order chi connectivity index (χ1) is 8.99. The molecule has 19 heavy (non-hydrogen) atoms. The van der Waals surface area contributed by atoms with Crippen molar-refractivity contribution in [1.29, 1.82) is 0 Å². The Bertz CT molecular complexity index is 573. The van der Waals surface area contributed by atoms with Gasteiger partial charge in [-0.2, -0.15) is 5.10 Å². The van der Waals surface area contributed by atoms with Crippen molar-refractivity contribution in [2.75, 3.05) is 0 Å². The molecule has 0 bridgehead atoms. The van der Waals surface area contributed by atoms with Crippen LogP contribution in [0.15, 0.2) is 24.4 Å². The molecule has 4 heteroatoms. The maximum absolute atomic E-state index is 6.14. The standard InChI is InChI=1S/C15H20ClN3/c1-10(2)17-8-12-5-6-13(16)7-14(12)15-9-18-19(4)11(15)3/h5-7,9-10,17H,8H2,1-4H3. The lowest BCUT2D eigenvalue weighted by Crippen LogP contribution is -2.22. The van der Waals surface area contributed by atoms with Crippen LogP contribution in [0.3, 0.4) is 0 Å². The summed E-state index contributed by atoms with van der Waals surface area (Å²) in [5.74, 6) is 0. The molecule has 1 aromatic heterocycles. The molecule has 0 aliphatic heterocycles. The van der Waals surface area contributed by atoms with Gasteiger partial charge in [-0.15, -0.1) is 0 Å². The molecular weight excluding hydrogens is 258 g/mol. The van der Waals surface area contributed by atoms with Gasteiger partial charge in [0.2, 0.25) is 0 Å². The number of hydrogen-bond donors (Lipinski definition) is 1. The van der Waals surface area contributed by atoms with E-state index in [1.54, 1.807) is 0 Å². The van der Waals surface area contributed by atoms with Crippen molar-refractivity contribution >= 4 is 11.6 Å². The summed E-state index contributed by atoms with van der Waals surface area (Å²) in [6, 6.07) is 6.50. The third-order valence-electron chi connectivity index (χ3n) is 3.30. The number of aromatic nitrogens is 2. The molecule has 2 rings (SSSR count). The maximum atomic E-state index is 6.14. The largest absolute Gasteiger partial charge is 0.310 e. The number of aryl methyl sites for hydroxylation is 1. The van der Waals surface area contributed by atoms with E-state index in [0.29, 0.717) is 6.04 Å². The van der Waals surface area contributed by atoms with Crippen molar-refractivity contribution in [3.05, 3.63) is 40.7 Å². The second-order valence-corrected chi connectivity index (χ2v) is 5.54. The van der Waals surface area contributed by atoms with Gasteiger partial charge >= 0.3 is 0 Å². The molecule has 1 aromatic carbocycles. The molecule has 1 heterocycles. The fourth-order valence-electron chi connectivity index (χ4n) is 2.03. The van der Waals surface area contributed by atoms with E-state index in [4.69, 9.17) is 11.6 Å². The predicted octanol–water partition coefficient (Wildman–Crippen LogP) is 3.55. The third kappa shape index (κ3) is 3.17. The molecule has 0 aliphatic carbocycles. The van der Waals surface area contributed by atoms with E-state index in [1.807, 2.05) is 30.1 Å². The Kier molecular flexibility index (Phi) is 4.27. The van der Waals surface area contributed by atoms with Crippen molar-refractivity contribution in [2.24, 2.45) is 7.05 Å². The molecule has 2 aromatic rings. The smallest absolute Gasteiger partial charge is 0.0571 e. The molecule has 0 atom stereocenters. The molecular formula is C15H20ClN3. The fourth-order valence-corrected chi connectivity index (χ4v) is 2.20. The van der Waals surface area contributed by atoms with E-state index >= 15 is 0 Å². The molecule has 0 aliphatic rings. The summed E-state index contributed by atoms with van der Waals surface area (Å²) in [6.07, 6.45) is 1.90. The van der Waals surface area contributed by atoms with Gasteiger partial charge < -0.3 is 5.32 Å². The van der Waals surface area contributed by atoms with Gasteiger partial charge in [0.15, 0.2) is 0 Å². The summed E-state index contributed by atoms with van der Waals surface area (Å²) in [4.78, 5) is 0. The second kappa shape index (κ2) is 5.76. The third-order valence-corrected chi connectivity index (χ3v) is 3.53. The van der Waals surface area contributed by atoms with Crippen LogP contribution in [0.5, 0.6) is 0 Å². The number of rotatable bonds is 4. The van der Waals surface area contributed by atoms with Gasteiger partial charge in [0.05, 0.1) is 6.20 Å². The Hall–Kier alpha value is -1.32. The Morgan fingerprint density at radius 3 is 2.63 bits per heavy atom. The lowest BCUT2D eigenvalue weighted by atomic mass is 10.00. The molecule has 0 radical (unpaired) electrons. The average molecular weight is 278 g/mol. The Morgan fingerprint density at radius 2 is 2.05 bits per heavy atom. The number of nitrogens with one attached hydrogen (secondary N) is 1. The first kappa shape index (κ1) is 14.1. The van der Waals surface area contributed by atoms with Gasteiger partial charge in [-0.05, 0) is 30.2 Å². The van der Waals surface area contributed by atoms with Gasteiger partial charge in [0.25, 0.3) is 0 Å². The Labute approximate surface area is 119 Å². The van der Waals surface area contributed by atoms with Gasteiger partial charge in [-0.25, -0.2) is 0 Å². The summed E-state index contributed by atoms with van der Waals surface area (Å²) in [7, 11) is 1.95. The van der Waals surface area contributed by atoms with Crippen LogP contribution >= 0.6 is 11.6 Å². The number of hydrogen-bond acceptors (Lipinski definition) is 2. The van der Waals surface area contributed by atoms with Crippen molar-refractivity contribution in [2.45, 2.75) is 33.4 Å². The number of halogens is 1. The normalized spacial score (nSPS) is 11.3. The quantitative estimate of drug-likeness (QED) is 0.926. The highest BCUT2D eigenvalue weighted by Crippen LogP contribution is 2.29. The second-order valence-electron chi connectivity index (χ2n) is 5.10. The van der Waals surface area contributed by atoms with Crippen LogP contribution in [0.25, 0.3) is 11.1 Å².